The minimum Gasteiger partial charge on any atom is -0.366 e. The van der Waals surface area contributed by atoms with Gasteiger partial charge in [-0.2, -0.15) is 0 Å². The van der Waals surface area contributed by atoms with E-state index in [0.29, 0.717) is 5.56 Å². The molecule has 9 nitrogen and oxygen atoms in total. The normalized spacial score (nSPS) is 11.2. The summed E-state index contributed by atoms with van der Waals surface area (Å²) in [6.07, 6.45) is 2.66. The lowest BCUT2D eigenvalue weighted by atomic mass is 10.1. The van der Waals surface area contributed by atoms with Gasteiger partial charge in [-0.3, -0.25) is 19.1 Å². The van der Waals surface area contributed by atoms with Crippen LogP contribution in [-0.2, 0) is 14.8 Å². The first-order chi connectivity index (χ1) is 16.0. The van der Waals surface area contributed by atoms with Gasteiger partial charge in [0.05, 0.1) is 15.6 Å². The van der Waals surface area contributed by atoms with Gasteiger partial charge in [0.1, 0.15) is 0 Å². The Morgan fingerprint density at radius 2 is 1.44 bits per heavy atom. The van der Waals surface area contributed by atoms with Crippen molar-refractivity contribution in [2.45, 2.75) is 4.90 Å². The van der Waals surface area contributed by atoms with Crippen LogP contribution in [0.3, 0.4) is 0 Å². The third-order valence-electron chi connectivity index (χ3n) is 4.51. The van der Waals surface area contributed by atoms with Crippen LogP contribution in [0.25, 0.3) is 6.08 Å². The maximum absolute atomic E-state index is 12.6. The monoisotopic (exact) mass is 498 g/mol. The Hall–Kier alpha value is -4.15. The number of carbonyl (C=O) groups excluding carboxylic acids is 3. The highest BCUT2D eigenvalue weighted by Crippen LogP contribution is 2.24. The van der Waals surface area contributed by atoms with E-state index in [4.69, 9.17) is 23.1 Å². The van der Waals surface area contributed by atoms with E-state index in [1.54, 1.807) is 24.3 Å². The number of hydrogen-bond acceptors (Lipinski definition) is 5. The highest BCUT2D eigenvalue weighted by molar-refractivity contribution is 7.92. The van der Waals surface area contributed by atoms with Crippen LogP contribution in [-0.4, -0.2) is 26.1 Å². The summed E-state index contributed by atoms with van der Waals surface area (Å²) < 4.78 is 27.6. The summed E-state index contributed by atoms with van der Waals surface area (Å²) in [5.41, 5.74) is 11.5. The molecule has 0 saturated carbocycles. The molecule has 34 heavy (non-hydrogen) atoms. The maximum atomic E-state index is 12.6. The van der Waals surface area contributed by atoms with Gasteiger partial charge in [0.25, 0.3) is 10.0 Å². The van der Waals surface area contributed by atoms with E-state index in [1.165, 1.54) is 54.6 Å². The Bertz CT molecular complexity index is 1370. The Balaban J connectivity index is 1.71. The molecule has 11 heteroatoms. The van der Waals surface area contributed by atoms with Crippen LogP contribution in [0.1, 0.15) is 26.3 Å². The molecule has 0 heterocycles. The van der Waals surface area contributed by atoms with Gasteiger partial charge in [-0.1, -0.05) is 35.9 Å². The van der Waals surface area contributed by atoms with Crippen molar-refractivity contribution in [3.05, 3.63) is 94.5 Å². The van der Waals surface area contributed by atoms with Crippen LogP contribution in [0.4, 0.5) is 11.4 Å². The van der Waals surface area contributed by atoms with E-state index in [9.17, 15) is 22.8 Å². The minimum atomic E-state index is -3.86. The summed E-state index contributed by atoms with van der Waals surface area (Å²) in [5.74, 6) is -2.13. The first kappa shape index (κ1) is 24.5. The lowest BCUT2D eigenvalue weighted by Crippen LogP contribution is -2.17. The molecule has 0 spiro atoms. The van der Waals surface area contributed by atoms with Gasteiger partial charge in [-0.15, -0.1) is 0 Å². The zero-order valence-corrected chi connectivity index (χ0v) is 19.1. The number of para-hydroxylation sites is 1. The Morgan fingerprint density at radius 3 is 2.00 bits per heavy atom. The SMILES string of the molecule is NC(=O)c1cc(NC(=O)/C=C/c2ccc(S(=O)(=O)Nc3ccccc3Cl)cc2)cc(C(N)=O)c1. The Labute approximate surface area is 200 Å². The number of rotatable bonds is 8. The average molecular weight is 499 g/mol. The van der Waals surface area contributed by atoms with E-state index in [-0.39, 0.29) is 32.4 Å². The molecule has 3 rings (SSSR count). The van der Waals surface area contributed by atoms with E-state index >= 15 is 0 Å². The summed E-state index contributed by atoms with van der Waals surface area (Å²) in [6.45, 7) is 0. The van der Waals surface area contributed by atoms with Crippen LogP contribution >= 0.6 is 11.6 Å². The van der Waals surface area contributed by atoms with Gasteiger partial charge in [-0.25, -0.2) is 8.42 Å². The number of primary amides is 2. The van der Waals surface area contributed by atoms with Gasteiger partial charge >= 0.3 is 0 Å². The predicted molar refractivity (Wildman–Crippen MR) is 130 cm³/mol. The summed E-state index contributed by atoms with van der Waals surface area (Å²) in [4.78, 5) is 35.1. The van der Waals surface area contributed by atoms with Crippen LogP contribution in [0.15, 0.2) is 77.7 Å². The van der Waals surface area contributed by atoms with E-state index < -0.39 is 27.7 Å². The van der Waals surface area contributed by atoms with E-state index in [1.807, 2.05) is 0 Å². The second kappa shape index (κ2) is 10.2. The molecule has 0 bridgehead atoms. The molecule has 174 valence electrons. The molecule has 0 fully saturated rings. The third-order valence-corrected chi connectivity index (χ3v) is 6.22. The number of anilines is 2. The fourth-order valence-corrected chi connectivity index (χ4v) is 4.16. The largest absolute Gasteiger partial charge is 0.366 e. The summed E-state index contributed by atoms with van der Waals surface area (Å²) >= 11 is 6.00. The first-order valence-corrected chi connectivity index (χ1v) is 11.5. The van der Waals surface area contributed by atoms with Crippen LogP contribution < -0.4 is 21.5 Å². The predicted octanol–water partition coefficient (Wildman–Crippen LogP) is 2.99. The second-order valence-electron chi connectivity index (χ2n) is 7.00. The molecule has 3 amide bonds. The first-order valence-electron chi connectivity index (χ1n) is 9.66. The highest BCUT2D eigenvalue weighted by atomic mass is 35.5. The van der Waals surface area contributed by atoms with Crippen molar-refractivity contribution in [2.24, 2.45) is 11.5 Å². The number of halogens is 1. The minimum absolute atomic E-state index is 0.0104. The molecule has 0 aliphatic rings. The molecule has 0 unspecified atom stereocenters. The van der Waals surface area contributed by atoms with E-state index in [0.717, 1.165) is 0 Å². The van der Waals surface area contributed by atoms with Crippen molar-refractivity contribution >= 4 is 56.8 Å². The van der Waals surface area contributed by atoms with Crippen molar-refractivity contribution in [3.63, 3.8) is 0 Å². The Morgan fingerprint density at radius 1 is 0.853 bits per heavy atom. The fourth-order valence-electron chi connectivity index (χ4n) is 2.85. The fraction of sp³-hybridized carbons (Fsp3) is 0. The number of nitrogens with one attached hydrogen (secondary N) is 2. The lowest BCUT2D eigenvalue weighted by Gasteiger charge is -2.09. The number of nitrogens with two attached hydrogens (primary N) is 2. The van der Waals surface area contributed by atoms with Gasteiger partial charge in [-0.05, 0) is 54.1 Å². The molecule has 0 aliphatic carbocycles. The van der Waals surface area contributed by atoms with Crippen molar-refractivity contribution < 1.29 is 22.8 Å². The topological polar surface area (TPSA) is 161 Å². The van der Waals surface area contributed by atoms with Crippen molar-refractivity contribution in [1.29, 1.82) is 0 Å². The molecule has 0 aliphatic heterocycles. The van der Waals surface area contributed by atoms with Gasteiger partial charge in [0, 0.05) is 22.9 Å². The smallest absolute Gasteiger partial charge is 0.261 e. The molecule has 3 aromatic carbocycles. The Kier molecular flexibility index (Phi) is 7.34. The third kappa shape index (κ3) is 6.21. The summed E-state index contributed by atoms with van der Waals surface area (Å²) in [5, 5.41) is 2.78. The molecular weight excluding hydrogens is 480 g/mol. The highest BCUT2D eigenvalue weighted by Gasteiger charge is 2.15. The van der Waals surface area contributed by atoms with Gasteiger partial charge in [0.15, 0.2) is 0 Å². The molecule has 0 atom stereocenters. The van der Waals surface area contributed by atoms with Crippen LogP contribution in [0.5, 0.6) is 0 Å². The number of amides is 3. The summed E-state index contributed by atoms with van der Waals surface area (Å²) in [6, 6.07) is 16.1. The number of sulfonamides is 1. The zero-order chi connectivity index (χ0) is 24.9. The molecule has 0 radical (unpaired) electrons. The number of benzene rings is 3. The lowest BCUT2D eigenvalue weighted by molar-refractivity contribution is -0.111. The van der Waals surface area contributed by atoms with Crippen molar-refractivity contribution in [2.75, 3.05) is 10.0 Å². The van der Waals surface area contributed by atoms with Gasteiger partial charge in [0.2, 0.25) is 17.7 Å². The molecule has 0 saturated heterocycles. The number of hydrogen-bond donors (Lipinski definition) is 4. The van der Waals surface area contributed by atoms with Crippen molar-refractivity contribution in [1.82, 2.24) is 0 Å². The standard InChI is InChI=1S/C23H19ClN4O5S/c24-19-3-1-2-4-20(19)28-34(32,33)18-8-5-14(6-9-18)7-10-21(29)27-17-12-15(22(25)30)11-16(13-17)23(26)31/h1-13,28H,(H2,25,30)(H2,26,31)(H,27,29)/b10-7+. The van der Waals surface area contributed by atoms with Crippen LogP contribution in [0, 0.1) is 0 Å². The second-order valence-corrected chi connectivity index (χ2v) is 9.09. The molecule has 6 N–H and O–H groups in total. The number of carbonyl (C=O) groups is 3. The summed E-state index contributed by atoms with van der Waals surface area (Å²) in [7, 11) is -3.86. The van der Waals surface area contributed by atoms with Gasteiger partial charge < -0.3 is 16.8 Å². The average Bonchev–Trinajstić information content (AvgIpc) is 2.79. The maximum Gasteiger partial charge on any atom is 0.261 e. The van der Waals surface area contributed by atoms with Crippen molar-refractivity contribution in [3.8, 4) is 0 Å². The van der Waals surface area contributed by atoms with Crippen LogP contribution in [0.2, 0.25) is 5.02 Å². The molecular formula is C23H19ClN4O5S. The quantitative estimate of drug-likeness (QED) is 0.350. The molecule has 3 aromatic rings. The zero-order valence-electron chi connectivity index (χ0n) is 17.5. The molecule has 0 aromatic heterocycles. The van der Waals surface area contributed by atoms with E-state index in [2.05, 4.69) is 10.0 Å².